The lowest BCUT2D eigenvalue weighted by Gasteiger charge is -2.10. The molecule has 1 aliphatic rings. The highest BCUT2D eigenvalue weighted by Crippen LogP contribution is 2.41. The second-order valence-corrected chi connectivity index (χ2v) is 4.95. The van der Waals surface area contributed by atoms with Crippen LogP contribution in [0.2, 0.25) is 0 Å². The lowest BCUT2D eigenvalue weighted by atomic mass is 9.99. The Morgan fingerprint density at radius 1 is 1.29 bits per heavy atom. The summed E-state index contributed by atoms with van der Waals surface area (Å²) in [6.07, 6.45) is 4.32. The number of non-ortho nitro benzene ring substituents is 1. The molecule has 0 fully saturated rings. The number of pyridine rings is 1. The van der Waals surface area contributed by atoms with E-state index in [1.807, 2.05) is 19.2 Å². The lowest BCUT2D eigenvalue weighted by Crippen LogP contribution is -1.96. The van der Waals surface area contributed by atoms with Gasteiger partial charge < -0.3 is 4.74 Å². The highest BCUT2D eigenvalue weighted by molar-refractivity contribution is 5.97. The molecule has 0 spiro atoms. The van der Waals surface area contributed by atoms with E-state index in [-0.39, 0.29) is 10.6 Å². The molecule has 21 heavy (non-hydrogen) atoms. The van der Waals surface area contributed by atoms with E-state index >= 15 is 0 Å². The van der Waals surface area contributed by atoms with Crippen LogP contribution in [0.25, 0.3) is 11.1 Å². The van der Waals surface area contributed by atoms with Gasteiger partial charge in [0.05, 0.1) is 12.0 Å². The Kier molecular flexibility index (Phi) is 3.17. The summed E-state index contributed by atoms with van der Waals surface area (Å²) < 4.78 is 5.37. The molecule has 0 amide bonds. The van der Waals surface area contributed by atoms with E-state index < -0.39 is 0 Å². The maximum atomic E-state index is 11.0. The molecule has 3 rings (SSSR count). The Labute approximate surface area is 122 Å². The molecular weight excluding hydrogens is 268 g/mol. The van der Waals surface area contributed by atoms with E-state index in [2.05, 4.69) is 4.98 Å². The summed E-state index contributed by atoms with van der Waals surface area (Å²) in [4.78, 5) is 14.8. The molecule has 0 aliphatic heterocycles. The Hall–Kier alpha value is -2.69. The highest BCUT2D eigenvalue weighted by Gasteiger charge is 2.23. The van der Waals surface area contributed by atoms with Crippen molar-refractivity contribution in [3.8, 4) is 5.75 Å². The topological polar surface area (TPSA) is 65.3 Å². The first-order valence-electron chi connectivity index (χ1n) is 6.57. The maximum Gasteiger partial charge on any atom is 0.270 e. The van der Waals surface area contributed by atoms with E-state index in [1.165, 1.54) is 6.07 Å². The van der Waals surface area contributed by atoms with Crippen molar-refractivity contribution in [3.05, 3.63) is 63.5 Å². The fraction of sp³-hybridized carbons (Fsp3) is 0.188. The number of benzene rings is 1. The van der Waals surface area contributed by atoms with Gasteiger partial charge in [-0.05, 0) is 41.3 Å². The molecule has 0 N–H and O–H groups in total. The molecule has 5 heteroatoms. The third-order valence-electron chi connectivity index (χ3n) is 3.85. The smallest absolute Gasteiger partial charge is 0.270 e. The predicted molar refractivity (Wildman–Crippen MR) is 80.1 cm³/mol. The number of ether oxygens (including phenoxy) is 1. The zero-order valence-electron chi connectivity index (χ0n) is 11.8. The van der Waals surface area contributed by atoms with Gasteiger partial charge in [-0.1, -0.05) is 0 Å². The van der Waals surface area contributed by atoms with Crippen molar-refractivity contribution < 1.29 is 9.66 Å². The molecule has 1 aromatic heterocycles. The molecule has 0 radical (unpaired) electrons. The quantitative estimate of drug-likeness (QED) is 0.638. The molecule has 0 bridgehead atoms. The molecule has 1 heterocycles. The van der Waals surface area contributed by atoms with Gasteiger partial charge in [0.2, 0.25) is 0 Å². The molecule has 2 aromatic rings. The van der Waals surface area contributed by atoms with E-state index in [9.17, 15) is 10.1 Å². The molecular formula is C16H14N2O3. The maximum absolute atomic E-state index is 11.0. The van der Waals surface area contributed by atoms with Gasteiger partial charge in [0.15, 0.2) is 0 Å². The van der Waals surface area contributed by atoms with Gasteiger partial charge in [-0.15, -0.1) is 0 Å². The summed E-state index contributed by atoms with van der Waals surface area (Å²) in [5.41, 5.74) is 5.30. The van der Waals surface area contributed by atoms with Crippen LogP contribution in [0.3, 0.4) is 0 Å². The van der Waals surface area contributed by atoms with Crippen molar-refractivity contribution in [2.75, 3.05) is 7.11 Å². The number of fused-ring (bicyclic) bond motifs is 1. The predicted octanol–water partition coefficient (Wildman–Crippen LogP) is 3.49. The van der Waals surface area contributed by atoms with Crippen molar-refractivity contribution in [1.29, 1.82) is 0 Å². The van der Waals surface area contributed by atoms with E-state index in [1.54, 1.807) is 25.4 Å². The van der Waals surface area contributed by atoms with E-state index in [0.29, 0.717) is 12.2 Å². The first-order valence-corrected chi connectivity index (χ1v) is 6.57. The van der Waals surface area contributed by atoms with Crippen LogP contribution in [-0.4, -0.2) is 17.0 Å². The minimum absolute atomic E-state index is 0.0696. The van der Waals surface area contributed by atoms with Crippen LogP contribution in [-0.2, 0) is 6.42 Å². The summed E-state index contributed by atoms with van der Waals surface area (Å²) in [6.45, 7) is 2.03. The van der Waals surface area contributed by atoms with Crippen LogP contribution in [0.4, 0.5) is 5.69 Å². The van der Waals surface area contributed by atoms with Gasteiger partial charge in [-0.3, -0.25) is 15.1 Å². The summed E-state index contributed by atoms with van der Waals surface area (Å²) in [6, 6.07) is 6.66. The number of allylic oxidation sites excluding steroid dienone is 2. The largest absolute Gasteiger partial charge is 0.496 e. The van der Waals surface area contributed by atoms with Gasteiger partial charge in [0.1, 0.15) is 5.75 Å². The van der Waals surface area contributed by atoms with Crippen molar-refractivity contribution in [3.63, 3.8) is 0 Å². The van der Waals surface area contributed by atoms with E-state index in [4.69, 9.17) is 4.74 Å². The van der Waals surface area contributed by atoms with Crippen LogP contribution < -0.4 is 4.74 Å². The fourth-order valence-corrected chi connectivity index (χ4v) is 2.76. The van der Waals surface area contributed by atoms with Crippen molar-refractivity contribution >= 4 is 16.8 Å². The Bertz CT molecular complexity index is 766. The summed E-state index contributed by atoms with van der Waals surface area (Å²) in [5, 5.41) is 11.0. The Morgan fingerprint density at radius 3 is 2.76 bits per heavy atom. The summed E-state index contributed by atoms with van der Waals surface area (Å²) in [7, 11) is 1.57. The van der Waals surface area contributed by atoms with Crippen LogP contribution in [0.15, 0.2) is 36.7 Å². The summed E-state index contributed by atoms with van der Waals surface area (Å²) >= 11 is 0. The zero-order valence-corrected chi connectivity index (χ0v) is 11.8. The summed E-state index contributed by atoms with van der Waals surface area (Å²) in [5.74, 6) is 0.649. The molecule has 106 valence electrons. The first kappa shape index (κ1) is 13.3. The number of hydrogen-bond donors (Lipinski definition) is 0. The molecule has 0 saturated heterocycles. The van der Waals surface area contributed by atoms with Gasteiger partial charge in [0, 0.05) is 36.5 Å². The third-order valence-corrected chi connectivity index (χ3v) is 3.85. The van der Waals surface area contributed by atoms with Crippen LogP contribution in [0.5, 0.6) is 5.75 Å². The number of nitro benzene ring substituents is 1. The number of aromatic nitrogens is 1. The Morgan fingerprint density at radius 2 is 2.10 bits per heavy atom. The normalized spacial score (nSPS) is 13.2. The van der Waals surface area contributed by atoms with Gasteiger partial charge in [0.25, 0.3) is 5.69 Å². The number of nitro groups is 1. The fourth-order valence-electron chi connectivity index (χ4n) is 2.76. The molecule has 1 aliphatic carbocycles. The van der Waals surface area contributed by atoms with Gasteiger partial charge in [-0.25, -0.2) is 0 Å². The second kappa shape index (κ2) is 5.01. The van der Waals surface area contributed by atoms with Crippen molar-refractivity contribution in [2.24, 2.45) is 0 Å². The molecule has 1 aromatic carbocycles. The SMILES string of the molecule is COc1ccc([N+](=O)[O-])cc1C1=C(C)c2ccncc2C1. The highest BCUT2D eigenvalue weighted by atomic mass is 16.6. The molecule has 5 nitrogen and oxygen atoms in total. The average molecular weight is 282 g/mol. The molecule has 0 unspecified atom stereocenters. The van der Waals surface area contributed by atoms with Gasteiger partial charge in [-0.2, -0.15) is 0 Å². The van der Waals surface area contributed by atoms with Crippen LogP contribution in [0.1, 0.15) is 23.6 Å². The lowest BCUT2D eigenvalue weighted by molar-refractivity contribution is -0.384. The van der Waals surface area contributed by atoms with E-state index in [0.717, 1.165) is 27.8 Å². The number of nitrogens with zero attached hydrogens (tertiary/aromatic N) is 2. The second-order valence-electron chi connectivity index (χ2n) is 4.95. The minimum Gasteiger partial charge on any atom is -0.496 e. The van der Waals surface area contributed by atoms with Gasteiger partial charge >= 0.3 is 0 Å². The number of methoxy groups -OCH3 is 1. The monoisotopic (exact) mass is 282 g/mol. The molecule has 0 saturated carbocycles. The average Bonchev–Trinajstić information content (AvgIpc) is 2.84. The standard InChI is InChI=1S/C16H14N2O3/c1-10-13-5-6-17-9-11(13)7-14(10)15-8-12(18(19)20)3-4-16(15)21-2/h3-6,8-9H,7H2,1-2H3. The van der Waals surface area contributed by atoms with Crippen molar-refractivity contribution in [2.45, 2.75) is 13.3 Å². The number of hydrogen-bond acceptors (Lipinski definition) is 4. The Balaban J connectivity index is 2.15. The zero-order chi connectivity index (χ0) is 15.0. The van der Waals surface area contributed by atoms with Crippen LogP contribution in [0, 0.1) is 10.1 Å². The minimum atomic E-state index is -0.386. The van der Waals surface area contributed by atoms with Crippen molar-refractivity contribution in [1.82, 2.24) is 4.98 Å². The third kappa shape index (κ3) is 2.16. The van der Waals surface area contributed by atoms with Crippen LogP contribution >= 0.6 is 0 Å². The molecule has 0 atom stereocenters. The first-order chi connectivity index (χ1) is 10.1. The number of rotatable bonds is 3.